The molecule has 4 nitrogen and oxygen atoms in total. The molecule has 4 heteroatoms. The van der Waals surface area contributed by atoms with Gasteiger partial charge in [0, 0.05) is 19.1 Å². The lowest BCUT2D eigenvalue weighted by Crippen LogP contribution is -2.43. The van der Waals surface area contributed by atoms with E-state index in [0.717, 1.165) is 25.6 Å². The van der Waals surface area contributed by atoms with Crippen molar-refractivity contribution in [2.45, 2.75) is 25.3 Å². The molecule has 0 aromatic rings. The molecule has 2 aliphatic rings. The van der Waals surface area contributed by atoms with Gasteiger partial charge >= 0.3 is 5.97 Å². The van der Waals surface area contributed by atoms with Crippen LogP contribution in [0, 0.1) is 11.8 Å². The second-order valence-electron chi connectivity index (χ2n) is 4.97. The lowest BCUT2D eigenvalue weighted by Gasteiger charge is -2.30. The third kappa shape index (κ3) is 2.92. The van der Waals surface area contributed by atoms with Crippen molar-refractivity contribution in [1.82, 2.24) is 10.2 Å². The Balaban J connectivity index is 1.78. The van der Waals surface area contributed by atoms with E-state index >= 15 is 0 Å². The normalized spacial score (nSPS) is 31.9. The van der Waals surface area contributed by atoms with E-state index in [0.29, 0.717) is 12.5 Å². The lowest BCUT2D eigenvalue weighted by molar-refractivity contribution is -0.142. The predicted octanol–water partition coefficient (Wildman–Crippen LogP) is 0.391. The molecule has 2 unspecified atom stereocenters. The van der Waals surface area contributed by atoms with Gasteiger partial charge in [0.25, 0.3) is 0 Å². The lowest BCUT2D eigenvalue weighted by atomic mass is 9.90. The molecule has 1 aliphatic heterocycles. The summed E-state index contributed by atoms with van der Waals surface area (Å²) in [6.45, 7) is 2.65. The van der Waals surface area contributed by atoms with Gasteiger partial charge in [-0.15, -0.1) is 0 Å². The Morgan fingerprint density at radius 3 is 2.80 bits per heavy atom. The first-order valence-electron chi connectivity index (χ1n) is 5.80. The summed E-state index contributed by atoms with van der Waals surface area (Å²) in [6, 6.07) is 0.773. The number of nitrogens with zero attached hydrogens (tertiary/aromatic N) is 1. The highest BCUT2D eigenvalue weighted by atomic mass is 16.4. The summed E-state index contributed by atoms with van der Waals surface area (Å²) in [5.74, 6) is -0.330. The van der Waals surface area contributed by atoms with Gasteiger partial charge in [0.15, 0.2) is 0 Å². The first-order valence-corrected chi connectivity index (χ1v) is 5.80. The Bertz CT molecular complexity index is 241. The molecule has 1 saturated carbocycles. The molecule has 0 radical (unpaired) electrons. The number of aliphatic carboxylic acids is 1. The van der Waals surface area contributed by atoms with Crippen molar-refractivity contribution in [3.63, 3.8) is 0 Å². The minimum absolute atomic E-state index is 0.184. The predicted molar refractivity (Wildman–Crippen MR) is 57.8 cm³/mol. The molecule has 15 heavy (non-hydrogen) atoms. The number of piperidine rings is 1. The maximum Gasteiger partial charge on any atom is 0.307 e. The molecule has 0 spiro atoms. The number of hydrogen-bond acceptors (Lipinski definition) is 3. The minimum atomic E-state index is -0.652. The molecule has 1 heterocycles. The van der Waals surface area contributed by atoms with Crippen LogP contribution in [0.1, 0.15) is 19.3 Å². The summed E-state index contributed by atoms with van der Waals surface area (Å²) >= 11 is 0. The van der Waals surface area contributed by atoms with Gasteiger partial charge in [-0.3, -0.25) is 4.79 Å². The molecule has 1 saturated heterocycles. The van der Waals surface area contributed by atoms with E-state index in [9.17, 15) is 4.79 Å². The molecule has 2 rings (SSSR count). The van der Waals surface area contributed by atoms with Gasteiger partial charge in [-0.1, -0.05) is 0 Å². The van der Waals surface area contributed by atoms with Crippen LogP contribution in [0.4, 0.5) is 0 Å². The fourth-order valence-electron chi connectivity index (χ4n) is 2.43. The van der Waals surface area contributed by atoms with Crippen LogP contribution in [0.25, 0.3) is 0 Å². The van der Waals surface area contributed by atoms with Crippen LogP contribution in [0.15, 0.2) is 0 Å². The van der Waals surface area contributed by atoms with E-state index in [4.69, 9.17) is 5.11 Å². The van der Waals surface area contributed by atoms with Crippen molar-refractivity contribution in [3.05, 3.63) is 0 Å². The van der Waals surface area contributed by atoms with Crippen LogP contribution in [0.5, 0.6) is 0 Å². The third-order valence-corrected chi connectivity index (χ3v) is 3.51. The fourth-order valence-corrected chi connectivity index (χ4v) is 2.43. The van der Waals surface area contributed by atoms with Crippen LogP contribution in [-0.2, 0) is 4.79 Å². The zero-order valence-electron chi connectivity index (χ0n) is 9.28. The van der Waals surface area contributed by atoms with Crippen molar-refractivity contribution in [2.75, 3.05) is 26.7 Å². The molecule has 0 aromatic heterocycles. The van der Waals surface area contributed by atoms with Crippen LogP contribution in [0.2, 0.25) is 0 Å². The van der Waals surface area contributed by atoms with Crippen molar-refractivity contribution in [2.24, 2.45) is 11.8 Å². The molecular weight excluding hydrogens is 192 g/mol. The molecular formula is C11H20N2O2. The third-order valence-electron chi connectivity index (χ3n) is 3.51. The summed E-state index contributed by atoms with van der Waals surface area (Å²) in [6.07, 6.45) is 3.47. The van der Waals surface area contributed by atoms with Gasteiger partial charge in [0.05, 0.1) is 5.92 Å². The highest BCUT2D eigenvalue weighted by Crippen LogP contribution is 2.27. The Morgan fingerprint density at radius 2 is 2.20 bits per heavy atom. The molecule has 1 aliphatic carbocycles. The molecule has 2 fully saturated rings. The molecule has 0 aromatic carbocycles. The van der Waals surface area contributed by atoms with Crippen molar-refractivity contribution in [3.8, 4) is 0 Å². The first kappa shape index (κ1) is 10.9. The smallest absolute Gasteiger partial charge is 0.307 e. The van der Waals surface area contributed by atoms with E-state index in [1.54, 1.807) is 0 Å². The van der Waals surface area contributed by atoms with Gasteiger partial charge < -0.3 is 15.3 Å². The number of rotatable bonds is 4. The summed E-state index contributed by atoms with van der Waals surface area (Å²) in [5, 5.41) is 12.2. The summed E-state index contributed by atoms with van der Waals surface area (Å²) in [7, 11) is 2.15. The number of carboxylic acids is 1. The monoisotopic (exact) mass is 212 g/mol. The summed E-state index contributed by atoms with van der Waals surface area (Å²) in [4.78, 5) is 13.3. The second-order valence-corrected chi connectivity index (χ2v) is 4.97. The van der Waals surface area contributed by atoms with Crippen LogP contribution in [-0.4, -0.2) is 48.7 Å². The van der Waals surface area contributed by atoms with Gasteiger partial charge in [-0.05, 0) is 38.8 Å². The van der Waals surface area contributed by atoms with Gasteiger partial charge in [-0.25, -0.2) is 0 Å². The Hall–Kier alpha value is -0.610. The maximum absolute atomic E-state index is 10.9. The van der Waals surface area contributed by atoms with E-state index in [1.807, 2.05) is 0 Å². The minimum Gasteiger partial charge on any atom is -0.481 e. The zero-order chi connectivity index (χ0) is 10.8. The van der Waals surface area contributed by atoms with Gasteiger partial charge in [0.2, 0.25) is 0 Å². The summed E-state index contributed by atoms with van der Waals surface area (Å²) in [5.41, 5.74) is 0. The van der Waals surface area contributed by atoms with Crippen LogP contribution >= 0.6 is 0 Å². The van der Waals surface area contributed by atoms with Crippen molar-refractivity contribution >= 4 is 5.97 Å². The summed E-state index contributed by atoms with van der Waals surface area (Å²) < 4.78 is 0. The van der Waals surface area contributed by atoms with E-state index in [-0.39, 0.29) is 5.92 Å². The van der Waals surface area contributed by atoms with E-state index in [1.165, 1.54) is 12.8 Å². The standard InChI is InChI=1S/C11H20N2O2/c1-13(10-2-3-10)7-8-4-9(11(14)15)6-12-5-8/h8-10,12H,2-7H2,1H3,(H,14,15). The topological polar surface area (TPSA) is 52.6 Å². The SMILES string of the molecule is CN(CC1CNCC(C(=O)O)C1)C1CC1. The number of hydrogen-bond donors (Lipinski definition) is 2. The largest absolute Gasteiger partial charge is 0.481 e. The molecule has 2 atom stereocenters. The number of carbonyl (C=O) groups is 1. The van der Waals surface area contributed by atoms with E-state index in [2.05, 4.69) is 17.3 Å². The van der Waals surface area contributed by atoms with Gasteiger partial charge in [0.1, 0.15) is 0 Å². The van der Waals surface area contributed by atoms with Crippen molar-refractivity contribution in [1.29, 1.82) is 0 Å². The second kappa shape index (κ2) is 4.49. The molecule has 0 amide bonds. The Morgan fingerprint density at radius 1 is 1.47 bits per heavy atom. The highest BCUT2D eigenvalue weighted by molar-refractivity contribution is 5.70. The average Bonchev–Trinajstić information content (AvgIpc) is 3.01. The number of carboxylic acid groups (broad SMARTS) is 1. The highest BCUT2D eigenvalue weighted by Gasteiger charge is 2.31. The quantitative estimate of drug-likeness (QED) is 0.708. The van der Waals surface area contributed by atoms with Crippen molar-refractivity contribution < 1.29 is 9.90 Å². The fraction of sp³-hybridized carbons (Fsp3) is 0.909. The maximum atomic E-state index is 10.9. The van der Waals surface area contributed by atoms with Gasteiger partial charge in [-0.2, -0.15) is 0 Å². The molecule has 0 bridgehead atoms. The average molecular weight is 212 g/mol. The number of nitrogens with one attached hydrogen (secondary N) is 1. The van der Waals surface area contributed by atoms with E-state index < -0.39 is 5.97 Å². The first-order chi connectivity index (χ1) is 7.16. The molecule has 86 valence electrons. The van der Waals surface area contributed by atoms with Crippen LogP contribution in [0.3, 0.4) is 0 Å². The zero-order valence-corrected chi connectivity index (χ0v) is 9.28. The molecule has 2 N–H and O–H groups in total. The Labute approximate surface area is 90.6 Å². The Kier molecular flexibility index (Phi) is 3.26. The van der Waals surface area contributed by atoms with Crippen LogP contribution < -0.4 is 5.32 Å².